The summed E-state index contributed by atoms with van der Waals surface area (Å²) in [6.45, 7) is 0. The Morgan fingerprint density at radius 1 is 1.06 bits per heavy atom. The van der Waals surface area contributed by atoms with Crippen molar-refractivity contribution in [3.63, 3.8) is 0 Å². The molecule has 0 N–H and O–H groups in total. The highest BCUT2D eigenvalue weighted by Crippen LogP contribution is 2.28. The van der Waals surface area contributed by atoms with Crippen LogP contribution in [0.25, 0.3) is 22.3 Å². The summed E-state index contributed by atoms with van der Waals surface area (Å²) in [4.78, 5) is 11.3. The van der Waals surface area contributed by atoms with Crippen LogP contribution in [0.3, 0.4) is 0 Å². The van der Waals surface area contributed by atoms with Crippen molar-refractivity contribution in [2.75, 3.05) is 7.11 Å². The number of hydrogen-bond acceptors (Lipinski definition) is 3. The summed E-state index contributed by atoms with van der Waals surface area (Å²) in [5.74, 6) is 1.33. The molecule has 0 saturated carbocycles. The predicted octanol–water partition coefficient (Wildman–Crippen LogP) is 2.91. The average Bonchev–Trinajstić information content (AvgIpc) is 2.35. The van der Waals surface area contributed by atoms with E-state index in [1.54, 1.807) is 13.2 Å². The van der Waals surface area contributed by atoms with Crippen LogP contribution in [0.5, 0.6) is 5.75 Å². The lowest BCUT2D eigenvalue weighted by molar-refractivity contribution is 0.414. The second kappa shape index (κ2) is 3.63. The van der Waals surface area contributed by atoms with E-state index in [0.717, 1.165) is 16.7 Å². The van der Waals surface area contributed by atoms with Crippen LogP contribution in [0.2, 0.25) is 0 Å². The molecule has 1 aliphatic heterocycles. The van der Waals surface area contributed by atoms with E-state index in [9.17, 15) is 4.79 Å². The van der Waals surface area contributed by atoms with Crippen LogP contribution in [0.4, 0.5) is 0 Å². The van der Waals surface area contributed by atoms with Crippen molar-refractivity contribution < 1.29 is 9.15 Å². The van der Waals surface area contributed by atoms with E-state index in [4.69, 9.17) is 9.15 Å². The standard InChI is InChI=1S/C14H10O3/c1-16-12-5-3-10-6-9-2-4-11(15)7-13(9)17-14(10)8-12/h2-8H,1H3. The van der Waals surface area contributed by atoms with Gasteiger partial charge < -0.3 is 9.15 Å². The lowest BCUT2D eigenvalue weighted by Gasteiger charge is -2.07. The van der Waals surface area contributed by atoms with E-state index in [1.165, 1.54) is 12.1 Å². The van der Waals surface area contributed by atoms with Gasteiger partial charge in [-0.05, 0) is 30.3 Å². The minimum Gasteiger partial charge on any atom is -0.497 e. The normalized spacial score (nSPS) is 10.9. The van der Waals surface area contributed by atoms with E-state index in [2.05, 4.69) is 0 Å². The number of rotatable bonds is 1. The Hall–Kier alpha value is -2.29. The van der Waals surface area contributed by atoms with E-state index in [1.807, 2.05) is 24.3 Å². The molecule has 0 atom stereocenters. The molecule has 0 bridgehead atoms. The molecule has 0 radical (unpaired) electrons. The van der Waals surface area contributed by atoms with E-state index < -0.39 is 0 Å². The zero-order valence-corrected chi connectivity index (χ0v) is 9.27. The first kappa shape index (κ1) is 9.90. The number of ether oxygens (including phenoxy) is 1. The quantitative estimate of drug-likeness (QED) is 0.599. The minimum atomic E-state index is -0.0523. The number of methoxy groups -OCH3 is 1. The van der Waals surface area contributed by atoms with Gasteiger partial charge in [0.2, 0.25) is 0 Å². The van der Waals surface area contributed by atoms with Gasteiger partial charge in [-0.2, -0.15) is 0 Å². The zero-order valence-electron chi connectivity index (χ0n) is 9.27. The van der Waals surface area contributed by atoms with Gasteiger partial charge in [0.05, 0.1) is 7.11 Å². The lowest BCUT2D eigenvalue weighted by Crippen LogP contribution is -1.97. The molecule has 1 heterocycles. The van der Waals surface area contributed by atoms with Gasteiger partial charge in [-0.25, -0.2) is 0 Å². The molecule has 17 heavy (non-hydrogen) atoms. The maximum Gasteiger partial charge on any atom is 0.182 e. The number of benzene rings is 2. The molecular formula is C14H10O3. The second-order valence-corrected chi connectivity index (χ2v) is 3.85. The molecule has 0 saturated heterocycles. The molecule has 3 heteroatoms. The summed E-state index contributed by atoms with van der Waals surface area (Å²) in [7, 11) is 1.61. The van der Waals surface area contributed by atoms with E-state index in [0.29, 0.717) is 11.3 Å². The average molecular weight is 226 g/mol. The fourth-order valence-electron chi connectivity index (χ4n) is 1.86. The highest BCUT2D eigenvalue weighted by molar-refractivity contribution is 5.83. The molecule has 3 nitrogen and oxygen atoms in total. The molecule has 0 amide bonds. The first-order chi connectivity index (χ1) is 8.26. The minimum absolute atomic E-state index is 0.0523. The summed E-state index contributed by atoms with van der Waals surface area (Å²) in [5.41, 5.74) is 1.58. The van der Waals surface area contributed by atoms with Crippen LogP contribution in [-0.4, -0.2) is 7.11 Å². The molecule has 1 aromatic carbocycles. The first-order valence-electron chi connectivity index (χ1n) is 5.28. The summed E-state index contributed by atoms with van der Waals surface area (Å²) >= 11 is 0. The predicted molar refractivity (Wildman–Crippen MR) is 65.7 cm³/mol. The Morgan fingerprint density at radius 3 is 2.76 bits per heavy atom. The largest absolute Gasteiger partial charge is 0.497 e. The van der Waals surface area contributed by atoms with Crippen LogP contribution < -0.4 is 10.2 Å². The third-order valence-corrected chi connectivity index (χ3v) is 2.74. The Morgan fingerprint density at radius 2 is 1.94 bits per heavy atom. The molecule has 1 aromatic rings. The van der Waals surface area contributed by atoms with Crippen LogP contribution in [0.15, 0.2) is 51.7 Å². The van der Waals surface area contributed by atoms with Gasteiger partial charge in [-0.1, -0.05) is 0 Å². The van der Waals surface area contributed by atoms with Crippen LogP contribution >= 0.6 is 0 Å². The molecule has 0 unspecified atom stereocenters. The van der Waals surface area contributed by atoms with Gasteiger partial charge in [-0.15, -0.1) is 0 Å². The van der Waals surface area contributed by atoms with Gasteiger partial charge >= 0.3 is 0 Å². The lowest BCUT2D eigenvalue weighted by atomic mass is 10.1. The Kier molecular flexibility index (Phi) is 2.11. The number of hydrogen-bond donors (Lipinski definition) is 0. The first-order valence-corrected chi connectivity index (χ1v) is 5.28. The van der Waals surface area contributed by atoms with Crippen molar-refractivity contribution in [3.8, 4) is 17.1 Å². The third kappa shape index (κ3) is 1.65. The van der Waals surface area contributed by atoms with Gasteiger partial charge in [-0.3, -0.25) is 4.79 Å². The summed E-state index contributed by atoms with van der Waals surface area (Å²) in [5, 5.41) is 0.983. The molecule has 2 aliphatic rings. The van der Waals surface area contributed by atoms with Crippen molar-refractivity contribution in [2.24, 2.45) is 0 Å². The van der Waals surface area contributed by atoms with Crippen LogP contribution in [0, 0.1) is 0 Å². The fourth-order valence-corrected chi connectivity index (χ4v) is 1.86. The zero-order chi connectivity index (χ0) is 11.8. The highest BCUT2D eigenvalue weighted by atomic mass is 16.5. The molecule has 84 valence electrons. The molecule has 0 aromatic heterocycles. The second-order valence-electron chi connectivity index (χ2n) is 3.85. The smallest absolute Gasteiger partial charge is 0.182 e. The van der Waals surface area contributed by atoms with Crippen molar-refractivity contribution in [1.82, 2.24) is 0 Å². The van der Waals surface area contributed by atoms with Gasteiger partial charge in [0.1, 0.15) is 17.1 Å². The van der Waals surface area contributed by atoms with E-state index >= 15 is 0 Å². The molecular weight excluding hydrogens is 216 g/mol. The Balaban J connectivity index is 2.37. The summed E-state index contributed by atoms with van der Waals surface area (Å²) in [6, 6.07) is 12.4. The van der Waals surface area contributed by atoms with Gasteiger partial charge in [0.25, 0.3) is 0 Å². The molecule has 0 fully saturated rings. The maximum absolute atomic E-state index is 11.3. The Bertz CT molecular complexity index is 712. The van der Waals surface area contributed by atoms with E-state index in [-0.39, 0.29) is 5.43 Å². The molecule has 1 aliphatic carbocycles. The third-order valence-electron chi connectivity index (χ3n) is 2.74. The highest BCUT2D eigenvalue weighted by Gasteiger charge is 2.07. The van der Waals surface area contributed by atoms with Gasteiger partial charge in [0.15, 0.2) is 5.43 Å². The van der Waals surface area contributed by atoms with Crippen LogP contribution in [0.1, 0.15) is 0 Å². The summed E-state index contributed by atoms with van der Waals surface area (Å²) < 4.78 is 10.8. The summed E-state index contributed by atoms with van der Waals surface area (Å²) in [6.07, 6.45) is 0. The number of fused-ring (bicyclic) bond motifs is 2. The van der Waals surface area contributed by atoms with Crippen molar-refractivity contribution in [3.05, 3.63) is 52.7 Å². The fraction of sp³-hybridized carbons (Fsp3) is 0.0714. The molecule has 3 rings (SSSR count). The SMILES string of the molecule is COc1ccc2cc3ccc(=O)cc-3oc2c1. The maximum atomic E-state index is 11.3. The Labute approximate surface area is 97.6 Å². The topological polar surface area (TPSA) is 39.4 Å². The molecule has 0 spiro atoms. The van der Waals surface area contributed by atoms with Crippen LogP contribution in [-0.2, 0) is 0 Å². The van der Waals surface area contributed by atoms with Crippen molar-refractivity contribution >= 4 is 11.0 Å². The monoisotopic (exact) mass is 226 g/mol. The van der Waals surface area contributed by atoms with Crippen molar-refractivity contribution in [2.45, 2.75) is 0 Å². The van der Waals surface area contributed by atoms with Crippen molar-refractivity contribution in [1.29, 1.82) is 0 Å². The van der Waals surface area contributed by atoms with Gasteiger partial charge in [0, 0.05) is 23.1 Å².